The molecule has 1 unspecified atom stereocenters. The number of nitrogens with zero attached hydrogens (tertiary/aromatic N) is 3. The number of halogens is 1. The minimum Gasteiger partial charge on any atom is -0.508 e. The number of benzene rings is 1. The van der Waals surface area contributed by atoms with Crippen molar-refractivity contribution < 1.29 is 5.11 Å². The largest absolute Gasteiger partial charge is 0.508 e. The first-order chi connectivity index (χ1) is 10.3. The quantitative estimate of drug-likeness (QED) is 0.913. The minimum atomic E-state index is -0.316. The number of phenolic OH excluding ortho intramolecular Hbond substituents is 1. The molecular formula is C15H15ClN4O. The van der Waals surface area contributed by atoms with Crippen LogP contribution in [0.1, 0.15) is 23.7 Å². The van der Waals surface area contributed by atoms with Gasteiger partial charge in [-0.05, 0) is 24.6 Å². The summed E-state index contributed by atoms with van der Waals surface area (Å²) in [5.74, 6) is 1.19. The highest BCUT2D eigenvalue weighted by Crippen LogP contribution is 2.32. The second-order valence-electron chi connectivity index (χ2n) is 4.79. The van der Waals surface area contributed by atoms with Crippen molar-refractivity contribution in [2.45, 2.75) is 12.3 Å². The highest BCUT2D eigenvalue weighted by atomic mass is 35.5. The fraction of sp³-hybridized carbons (Fsp3) is 0.267. The summed E-state index contributed by atoms with van der Waals surface area (Å²) in [4.78, 5) is 13.2. The zero-order valence-corrected chi connectivity index (χ0v) is 12.1. The number of rotatable bonds is 3. The van der Waals surface area contributed by atoms with E-state index in [1.165, 1.54) is 6.07 Å². The lowest BCUT2D eigenvalue weighted by atomic mass is 9.95. The van der Waals surface area contributed by atoms with Gasteiger partial charge in [0.15, 0.2) is 0 Å². The molecule has 5 nitrogen and oxygen atoms in total. The number of aromatic hydroxyl groups is 1. The van der Waals surface area contributed by atoms with Crippen molar-refractivity contribution in [1.29, 1.82) is 0 Å². The molecule has 0 radical (unpaired) electrons. The molecule has 2 aromatic rings. The summed E-state index contributed by atoms with van der Waals surface area (Å²) in [7, 11) is 0. The van der Waals surface area contributed by atoms with Gasteiger partial charge in [0.25, 0.3) is 0 Å². The maximum atomic E-state index is 10.2. The highest BCUT2D eigenvalue weighted by Gasteiger charge is 2.26. The summed E-state index contributed by atoms with van der Waals surface area (Å²) < 4.78 is 0. The van der Waals surface area contributed by atoms with E-state index < -0.39 is 0 Å². The lowest BCUT2D eigenvalue weighted by Gasteiger charge is -2.23. The fourth-order valence-electron chi connectivity index (χ4n) is 2.37. The molecule has 0 saturated carbocycles. The van der Waals surface area contributed by atoms with Crippen molar-refractivity contribution in [2.75, 3.05) is 13.1 Å². The highest BCUT2D eigenvalue weighted by molar-refractivity contribution is 6.30. The first-order valence-electron chi connectivity index (χ1n) is 6.79. The summed E-state index contributed by atoms with van der Waals surface area (Å²) in [6, 6.07) is 6.82. The van der Waals surface area contributed by atoms with Crippen LogP contribution in [0.15, 0.2) is 41.7 Å². The van der Waals surface area contributed by atoms with Crippen molar-refractivity contribution in [3.8, 4) is 5.75 Å². The summed E-state index contributed by atoms with van der Waals surface area (Å²) in [6.45, 7) is 1.62. The number of aromatic nitrogens is 2. The third kappa shape index (κ3) is 2.97. The van der Waals surface area contributed by atoms with Crippen molar-refractivity contribution in [3.05, 3.63) is 53.1 Å². The average Bonchev–Trinajstić information content (AvgIpc) is 2.52. The Kier molecular flexibility index (Phi) is 4.01. The topological polar surface area (TPSA) is 70.4 Å². The van der Waals surface area contributed by atoms with E-state index >= 15 is 0 Å². The third-order valence-corrected chi connectivity index (χ3v) is 3.58. The molecule has 3 rings (SSSR count). The van der Waals surface area contributed by atoms with Gasteiger partial charge in [0.1, 0.15) is 23.3 Å². The molecule has 1 aliphatic rings. The van der Waals surface area contributed by atoms with Crippen LogP contribution >= 0.6 is 11.6 Å². The van der Waals surface area contributed by atoms with Crippen LogP contribution in [0.5, 0.6) is 5.75 Å². The summed E-state index contributed by atoms with van der Waals surface area (Å²) in [5, 5.41) is 14.0. The molecule has 1 aromatic carbocycles. The Morgan fingerprint density at radius 2 is 2.05 bits per heavy atom. The van der Waals surface area contributed by atoms with Crippen molar-refractivity contribution in [1.82, 2.24) is 15.3 Å². The molecule has 21 heavy (non-hydrogen) atoms. The molecule has 1 aliphatic heterocycles. The number of nitrogens with one attached hydrogen (secondary N) is 1. The van der Waals surface area contributed by atoms with Crippen LogP contribution in [0.4, 0.5) is 0 Å². The molecule has 0 spiro atoms. The Balaban J connectivity index is 2.09. The predicted octanol–water partition coefficient (Wildman–Crippen LogP) is 2.36. The van der Waals surface area contributed by atoms with Crippen molar-refractivity contribution >= 4 is 17.4 Å². The Morgan fingerprint density at radius 1 is 1.24 bits per heavy atom. The van der Waals surface area contributed by atoms with E-state index in [0.717, 1.165) is 25.3 Å². The lowest BCUT2D eigenvalue weighted by molar-refractivity contribution is 0.467. The van der Waals surface area contributed by atoms with Crippen LogP contribution in [0.3, 0.4) is 0 Å². The molecule has 0 saturated heterocycles. The van der Waals surface area contributed by atoms with Gasteiger partial charge < -0.3 is 10.4 Å². The summed E-state index contributed by atoms with van der Waals surface area (Å²) >= 11 is 5.92. The van der Waals surface area contributed by atoms with Gasteiger partial charge in [-0.3, -0.25) is 4.99 Å². The molecule has 2 N–H and O–H groups in total. The van der Waals surface area contributed by atoms with E-state index in [1.54, 1.807) is 30.6 Å². The molecule has 108 valence electrons. The fourth-order valence-corrected chi connectivity index (χ4v) is 2.54. The molecule has 0 amide bonds. The molecule has 1 aromatic heterocycles. The van der Waals surface area contributed by atoms with Crippen LogP contribution in [0.25, 0.3) is 0 Å². The monoisotopic (exact) mass is 302 g/mol. The first kappa shape index (κ1) is 13.8. The van der Waals surface area contributed by atoms with Crippen molar-refractivity contribution in [2.24, 2.45) is 4.99 Å². The standard InChI is InChI=1S/C15H15ClN4O/c16-10-3-4-11(12(21)9-10)13(14-17-5-1-6-18-14)15-19-7-2-8-20-15/h1,3-6,9,13,21H,2,7-8H2,(H,19,20). The number of amidine groups is 1. The summed E-state index contributed by atoms with van der Waals surface area (Å²) in [5.41, 5.74) is 0.693. The zero-order valence-electron chi connectivity index (χ0n) is 11.3. The van der Waals surface area contributed by atoms with Crippen LogP contribution in [0.2, 0.25) is 5.02 Å². The Hall–Kier alpha value is -2.14. The van der Waals surface area contributed by atoms with Crippen LogP contribution < -0.4 is 5.32 Å². The van der Waals surface area contributed by atoms with E-state index in [1.807, 2.05) is 0 Å². The van der Waals surface area contributed by atoms with Crippen LogP contribution in [0, 0.1) is 0 Å². The van der Waals surface area contributed by atoms with Gasteiger partial charge in [-0.2, -0.15) is 0 Å². The number of hydrogen-bond acceptors (Lipinski definition) is 5. The molecule has 6 heteroatoms. The van der Waals surface area contributed by atoms with Crippen LogP contribution in [-0.4, -0.2) is 34.0 Å². The van der Waals surface area contributed by atoms with Gasteiger partial charge in [0, 0.05) is 36.1 Å². The van der Waals surface area contributed by atoms with E-state index in [0.29, 0.717) is 16.4 Å². The number of phenols is 1. The maximum Gasteiger partial charge on any atom is 0.143 e. The predicted molar refractivity (Wildman–Crippen MR) is 81.9 cm³/mol. The van der Waals surface area contributed by atoms with Gasteiger partial charge >= 0.3 is 0 Å². The van der Waals surface area contributed by atoms with E-state index in [-0.39, 0.29) is 11.7 Å². The zero-order chi connectivity index (χ0) is 14.7. The van der Waals surface area contributed by atoms with E-state index in [4.69, 9.17) is 11.6 Å². The average molecular weight is 303 g/mol. The minimum absolute atomic E-state index is 0.120. The smallest absolute Gasteiger partial charge is 0.143 e. The van der Waals surface area contributed by atoms with E-state index in [9.17, 15) is 5.11 Å². The number of hydrogen-bond donors (Lipinski definition) is 2. The molecule has 2 heterocycles. The van der Waals surface area contributed by atoms with Gasteiger partial charge in [-0.25, -0.2) is 9.97 Å². The normalized spacial score (nSPS) is 16.0. The SMILES string of the molecule is Oc1cc(Cl)ccc1C(C1=NCCCN1)c1ncccn1. The Bertz CT molecular complexity index is 660. The molecular weight excluding hydrogens is 288 g/mol. The van der Waals surface area contributed by atoms with Crippen molar-refractivity contribution in [3.63, 3.8) is 0 Å². The van der Waals surface area contributed by atoms with Gasteiger partial charge in [0.2, 0.25) is 0 Å². The Labute approximate surface area is 127 Å². The maximum absolute atomic E-state index is 10.2. The molecule has 1 atom stereocenters. The van der Waals surface area contributed by atoms with Gasteiger partial charge in [-0.15, -0.1) is 0 Å². The molecule has 0 fully saturated rings. The second kappa shape index (κ2) is 6.10. The van der Waals surface area contributed by atoms with E-state index in [2.05, 4.69) is 20.3 Å². The molecule has 0 aliphatic carbocycles. The molecule has 0 bridgehead atoms. The first-order valence-corrected chi connectivity index (χ1v) is 7.17. The lowest BCUT2D eigenvalue weighted by Crippen LogP contribution is -2.35. The van der Waals surface area contributed by atoms with Gasteiger partial charge in [0.05, 0.1) is 0 Å². The third-order valence-electron chi connectivity index (χ3n) is 3.34. The Morgan fingerprint density at radius 3 is 2.71 bits per heavy atom. The summed E-state index contributed by atoms with van der Waals surface area (Å²) in [6.07, 6.45) is 4.37. The number of aliphatic imine (C=N–C) groups is 1. The van der Waals surface area contributed by atoms with Gasteiger partial charge in [-0.1, -0.05) is 17.7 Å². The van der Waals surface area contributed by atoms with Crippen LogP contribution in [-0.2, 0) is 0 Å². The second-order valence-corrected chi connectivity index (χ2v) is 5.23.